The molecule has 0 saturated carbocycles. The predicted molar refractivity (Wildman–Crippen MR) is 58.4 cm³/mol. The number of hydrogen-bond acceptors (Lipinski definition) is 3. The van der Waals surface area contributed by atoms with E-state index in [2.05, 4.69) is 16.9 Å². The lowest BCUT2D eigenvalue weighted by molar-refractivity contribution is 0.570. The largest absolute Gasteiger partial charge is 0.310 e. The summed E-state index contributed by atoms with van der Waals surface area (Å²) in [5, 5.41) is 0. The van der Waals surface area contributed by atoms with Crippen molar-refractivity contribution in [3.8, 4) is 0 Å². The van der Waals surface area contributed by atoms with Crippen molar-refractivity contribution in [2.45, 2.75) is 33.1 Å². The van der Waals surface area contributed by atoms with E-state index >= 15 is 0 Å². The highest BCUT2D eigenvalue weighted by molar-refractivity contribution is 5.75. The summed E-state index contributed by atoms with van der Waals surface area (Å²) in [6.07, 6.45) is 3.92. The minimum absolute atomic E-state index is 0.267. The Hall–Kier alpha value is -1.67. The highest BCUT2D eigenvalue weighted by Crippen LogP contribution is 2.02. The molecule has 0 aliphatic carbocycles. The van der Waals surface area contributed by atoms with E-state index in [-0.39, 0.29) is 5.56 Å². The molecule has 0 fully saturated rings. The Bertz CT molecular complexity index is 442. The van der Waals surface area contributed by atoms with Crippen molar-refractivity contribution in [3.05, 3.63) is 27.4 Å². The third kappa shape index (κ3) is 2.89. The monoisotopic (exact) mass is 206 g/mol. The summed E-state index contributed by atoms with van der Waals surface area (Å²) in [5.74, 6) is 2.28. The summed E-state index contributed by atoms with van der Waals surface area (Å²) in [6.45, 7) is 3.79. The maximum atomic E-state index is 11.5. The van der Waals surface area contributed by atoms with Crippen molar-refractivity contribution in [1.29, 1.82) is 0 Å². The van der Waals surface area contributed by atoms with Gasteiger partial charge in [0.05, 0.1) is 11.3 Å². The summed E-state index contributed by atoms with van der Waals surface area (Å²) in [7, 11) is 0. The molecule has 0 atom stereocenters. The zero-order valence-corrected chi connectivity index (χ0v) is 8.96. The maximum Gasteiger partial charge on any atom is 0.259 e. The van der Waals surface area contributed by atoms with Gasteiger partial charge >= 0.3 is 0 Å². The van der Waals surface area contributed by atoms with Crippen LogP contribution in [0.15, 0.2) is 4.79 Å². The van der Waals surface area contributed by atoms with Crippen LogP contribution < -0.4 is 5.56 Å². The van der Waals surface area contributed by atoms with E-state index in [9.17, 15) is 9.59 Å². The molecule has 0 bridgehead atoms. The van der Waals surface area contributed by atoms with Gasteiger partial charge in [-0.05, 0) is 13.3 Å². The number of hydrogen-bond donors (Lipinski definition) is 1. The van der Waals surface area contributed by atoms with Crippen LogP contribution in [0.25, 0.3) is 6.08 Å². The van der Waals surface area contributed by atoms with Crippen molar-refractivity contribution in [1.82, 2.24) is 9.97 Å². The van der Waals surface area contributed by atoms with Crippen molar-refractivity contribution in [3.63, 3.8) is 0 Å². The number of nitrogens with one attached hydrogen (secondary N) is 1. The fourth-order valence-electron chi connectivity index (χ4n) is 1.34. The summed E-state index contributed by atoms with van der Waals surface area (Å²) < 4.78 is 0. The molecule has 1 aromatic heterocycles. The molecule has 0 spiro atoms. The topological polar surface area (TPSA) is 62.8 Å². The smallest absolute Gasteiger partial charge is 0.259 e. The zero-order chi connectivity index (χ0) is 11.3. The normalized spacial score (nSPS) is 9.73. The molecule has 0 aromatic carbocycles. The average Bonchev–Trinajstić information content (AvgIpc) is 2.20. The number of aromatic amines is 1. The molecule has 4 heteroatoms. The third-order valence-corrected chi connectivity index (χ3v) is 2.17. The Labute approximate surface area is 88.1 Å². The zero-order valence-electron chi connectivity index (χ0n) is 8.96. The van der Waals surface area contributed by atoms with E-state index in [4.69, 9.17) is 0 Å². The van der Waals surface area contributed by atoms with E-state index in [1.807, 2.05) is 0 Å². The first-order chi connectivity index (χ1) is 7.19. The summed E-state index contributed by atoms with van der Waals surface area (Å²) in [4.78, 5) is 28.6. The number of rotatable bonds is 4. The van der Waals surface area contributed by atoms with Crippen LogP contribution in [0.3, 0.4) is 0 Å². The summed E-state index contributed by atoms with van der Waals surface area (Å²) in [6, 6.07) is 0. The van der Waals surface area contributed by atoms with Crippen LogP contribution in [0.2, 0.25) is 0 Å². The third-order valence-electron chi connectivity index (χ3n) is 2.17. The van der Waals surface area contributed by atoms with Crippen molar-refractivity contribution in [2.75, 3.05) is 0 Å². The van der Waals surface area contributed by atoms with Gasteiger partial charge in [-0.15, -0.1) is 0 Å². The lowest BCUT2D eigenvalue weighted by Gasteiger charge is -2.02. The Morgan fingerprint density at radius 3 is 2.80 bits per heavy atom. The first-order valence-corrected chi connectivity index (χ1v) is 4.99. The predicted octanol–water partition coefficient (Wildman–Crippen LogP) is 1.27. The van der Waals surface area contributed by atoms with E-state index in [0.717, 1.165) is 25.3 Å². The highest BCUT2D eigenvalue weighted by Gasteiger charge is 2.05. The van der Waals surface area contributed by atoms with Crippen LogP contribution in [-0.2, 0) is 11.2 Å². The van der Waals surface area contributed by atoms with Gasteiger partial charge in [-0.2, -0.15) is 0 Å². The van der Waals surface area contributed by atoms with E-state index < -0.39 is 0 Å². The van der Waals surface area contributed by atoms with Gasteiger partial charge in [0.1, 0.15) is 11.8 Å². The first-order valence-electron chi connectivity index (χ1n) is 4.99. The molecule has 1 rings (SSSR count). The van der Waals surface area contributed by atoms with Gasteiger partial charge in [0.15, 0.2) is 0 Å². The van der Waals surface area contributed by atoms with Crippen LogP contribution in [0, 0.1) is 6.92 Å². The van der Waals surface area contributed by atoms with Gasteiger partial charge in [0.2, 0.25) is 0 Å². The highest BCUT2D eigenvalue weighted by atomic mass is 16.1. The van der Waals surface area contributed by atoms with Crippen LogP contribution in [-0.4, -0.2) is 15.9 Å². The molecule has 0 amide bonds. The molecular formula is C11H14N2O2. The number of H-pyrrole nitrogens is 1. The van der Waals surface area contributed by atoms with Crippen molar-refractivity contribution in [2.24, 2.45) is 0 Å². The van der Waals surface area contributed by atoms with E-state index in [0.29, 0.717) is 17.1 Å². The lowest BCUT2D eigenvalue weighted by atomic mass is 10.2. The van der Waals surface area contributed by atoms with Gasteiger partial charge < -0.3 is 4.98 Å². The molecule has 0 aliphatic rings. The molecule has 0 aliphatic heterocycles. The second-order valence-electron chi connectivity index (χ2n) is 3.38. The molecule has 1 N–H and O–H groups in total. The minimum Gasteiger partial charge on any atom is -0.310 e. The Balaban J connectivity index is 3.08. The molecular weight excluding hydrogens is 192 g/mol. The lowest BCUT2D eigenvalue weighted by Crippen LogP contribution is -2.16. The Morgan fingerprint density at radius 2 is 2.27 bits per heavy atom. The van der Waals surface area contributed by atoms with Gasteiger partial charge in [-0.3, -0.25) is 4.79 Å². The van der Waals surface area contributed by atoms with Crippen molar-refractivity contribution < 1.29 is 4.79 Å². The van der Waals surface area contributed by atoms with E-state index in [1.165, 1.54) is 0 Å². The standard InChI is InChI=1S/C11H14N2O2/c1-3-4-5-10-12-8(2)9(6-7-14)11(15)13-10/h6H,3-5H2,1-2H3,(H,12,13,15). The van der Waals surface area contributed by atoms with Gasteiger partial charge in [0.25, 0.3) is 5.56 Å². The van der Waals surface area contributed by atoms with Crippen LogP contribution in [0.4, 0.5) is 0 Å². The number of unbranched alkanes of at least 4 members (excludes halogenated alkanes) is 1. The molecule has 0 unspecified atom stereocenters. The fraction of sp³-hybridized carbons (Fsp3) is 0.455. The number of nitrogens with zero attached hydrogens (tertiary/aromatic N) is 1. The molecule has 4 nitrogen and oxygen atoms in total. The summed E-state index contributed by atoms with van der Waals surface area (Å²) >= 11 is 0. The van der Waals surface area contributed by atoms with Crippen LogP contribution in [0.5, 0.6) is 0 Å². The fourth-order valence-corrected chi connectivity index (χ4v) is 1.34. The Morgan fingerprint density at radius 1 is 1.53 bits per heavy atom. The van der Waals surface area contributed by atoms with Crippen LogP contribution >= 0.6 is 0 Å². The van der Waals surface area contributed by atoms with E-state index in [1.54, 1.807) is 12.9 Å². The average molecular weight is 206 g/mol. The Kier molecular flexibility index (Phi) is 4.01. The van der Waals surface area contributed by atoms with Gasteiger partial charge in [-0.25, -0.2) is 9.78 Å². The quantitative estimate of drug-likeness (QED) is 0.754. The van der Waals surface area contributed by atoms with Gasteiger partial charge in [0, 0.05) is 12.5 Å². The number of aryl methyl sites for hydroxylation is 2. The second kappa shape index (κ2) is 5.27. The summed E-state index contributed by atoms with van der Waals surface area (Å²) in [5.41, 5.74) is 0.607. The second-order valence-corrected chi connectivity index (χ2v) is 3.38. The molecule has 1 heterocycles. The maximum absolute atomic E-state index is 11.5. The van der Waals surface area contributed by atoms with Crippen molar-refractivity contribution >= 4 is 12.0 Å². The molecule has 15 heavy (non-hydrogen) atoms. The SMILES string of the molecule is CCCCc1nc(C)c(C=C=O)c(=O)[nH]1. The molecule has 80 valence electrons. The number of aromatic nitrogens is 2. The minimum atomic E-state index is -0.267. The number of carbonyl (C=O) groups excluding carboxylic acids is 1. The first kappa shape index (κ1) is 11.4. The molecule has 1 aromatic rings. The van der Waals surface area contributed by atoms with Crippen LogP contribution in [0.1, 0.15) is 36.8 Å². The molecule has 0 saturated heterocycles. The molecule has 0 radical (unpaired) electrons. The van der Waals surface area contributed by atoms with Gasteiger partial charge in [-0.1, -0.05) is 13.3 Å².